The minimum Gasteiger partial charge on any atom is -0.370 e. The van der Waals surface area contributed by atoms with Crippen LogP contribution in [-0.4, -0.2) is 15.9 Å². The number of hydrogen-bond donors (Lipinski definition) is 2. The zero-order chi connectivity index (χ0) is 15.2. The minimum absolute atomic E-state index is 0. The number of hydrogen-bond acceptors (Lipinski definition) is 3. The number of nitrogens with zero attached hydrogens (tertiary/aromatic N) is 3. The van der Waals surface area contributed by atoms with E-state index in [1.54, 1.807) is 0 Å². The van der Waals surface area contributed by atoms with Crippen LogP contribution in [0.15, 0.2) is 35.3 Å². The number of anilines is 1. The Labute approximate surface area is 148 Å². The molecule has 6 heteroatoms. The summed E-state index contributed by atoms with van der Waals surface area (Å²) in [5.74, 6) is 1.14. The summed E-state index contributed by atoms with van der Waals surface area (Å²) in [6.07, 6.45) is 0.992. The summed E-state index contributed by atoms with van der Waals surface area (Å²) in [5.41, 5.74) is 9.93. The van der Waals surface area contributed by atoms with Gasteiger partial charge < -0.3 is 11.1 Å². The fourth-order valence-electron chi connectivity index (χ4n) is 2.10. The number of rotatable bonds is 4. The number of aromatic nitrogens is 2. The maximum atomic E-state index is 5.92. The number of aliphatic imine (C=N–C) groups is 1. The van der Waals surface area contributed by atoms with Gasteiger partial charge in [0.15, 0.2) is 5.96 Å². The molecule has 0 atom stereocenters. The minimum atomic E-state index is 0. The molecule has 3 N–H and O–H groups in total. The second kappa shape index (κ2) is 8.67. The van der Waals surface area contributed by atoms with E-state index in [1.165, 1.54) is 5.56 Å². The first-order valence-corrected chi connectivity index (χ1v) is 7.04. The number of halogens is 1. The van der Waals surface area contributed by atoms with Gasteiger partial charge in [-0.15, -0.1) is 24.0 Å². The van der Waals surface area contributed by atoms with E-state index >= 15 is 0 Å². The van der Waals surface area contributed by atoms with E-state index in [9.17, 15) is 0 Å². The Morgan fingerprint density at radius 2 is 2.00 bits per heavy atom. The molecule has 5 nitrogen and oxygen atoms in total. The lowest BCUT2D eigenvalue weighted by atomic mass is 10.1. The molecule has 1 heterocycles. The van der Waals surface area contributed by atoms with Crippen molar-refractivity contribution in [2.45, 2.75) is 33.7 Å². The molecule has 0 bridgehead atoms. The first kappa shape index (κ1) is 18.3. The van der Waals surface area contributed by atoms with Gasteiger partial charge in [0.2, 0.25) is 0 Å². The van der Waals surface area contributed by atoms with Crippen molar-refractivity contribution in [3.05, 3.63) is 53.1 Å². The van der Waals surface area contributed by atoms with Crippen molar-refractivity contribution in [1.82, 2.24) is 9.97 Å². The Morgan fingerprint density at radius 3 is 2.68 bits per heavy atom. The Hall–Kier alpha value is -1.70. The van der Waals surface area contributed by atoms with E-state index in [-0.39, 0.29) is 24.0 Å². The smallest absolute Gasteiger partial charge is 0.193 e. The third-order valence-corrected chi connectivity index (χ3v) is 3.04. The van der Waals surface area contributed by atoms with E-state index in [1.807, 2.05) is 32.0 Å². The van der Waals surface area contributed by atoms with Crippen molar-refractivity contribution >= 4 is 35.6 Å². The number of nitrogens with two attached hydrogens (primary N) is 1. The highest BCUT2D eigenvalue weighted by Gasteiger charge is 2.00. The van der Waals surface area contributed by atoms with Gasteiger partial charge in [0.1, 0.15) is 5.82 Å². The first-order chi connectivity index (χ1) is 10.1. The lowest BCUT2D eigenvalue weighted by molar-refractivity contribution is 0.906. The molecule has 0 aliphatic rings. The fraction of sp³-hybridized carbons (Fsp3) is 0.312. The molecule has 0 unspecified atom stereocenters. The maximum Gasteiger partial charge on any atom is 0.193 e. The molecule has 0 radical (unpaired) electrons. The van der Waals surface area contributed by atoms with Crippen LogP contribution in [0.4, 0.5) is 5.69 Å². The van der Waals surface area contributed by atoms with Crippen molar-refractivity contribution in [2.24, 2.45) is 10.7 Å². The van der Waals surface area contributed by atoms with Gasteiger partial charge in [-0.05, 0) is 44.0 Å². The van der Waals surface area contributed by atoms with E-state index in [0.29, 0.717) is 12.5 Å². The van der Waals surface area contributed by atoms with Crippen LogP contribution in [-0.2, 0) is 13.0 Å². The summed E-state index contributed by atoms with van der Waals surface area (Å²) >= 11 is 0. The monoisotopic (exact) mass is 411 g/mol. The van der Waals surface area contributed by atoms with Crippen LogP contribution in [0.25, 0.3) is 0 Å². The summed E-state index contributed by atoms with van der Waals surface area (Å²) in [4.78, 5) is 12.9. The normalized spacial score (nSPS) is 11.0. The Bertz CT molecular complexity index is 634. The number of guanidine groups is 1. The summed E-state index contributed by atoms with van der Waals surface area (Å²) in [6.45, 7) is 6.38. The quantitative estimate of drug-likeness (QED) is 0.460. The molecule has 118 valence electrons. The van der Waals surface area contributed by atoms with Crippen LogP contribution in [0.1, 0.15) is 29.7 Å². The average molecular weight is 411 g/mol. The van der Waals surface area contributed by atoms with Gasteiger partial charge in [0.25, 0.3) is 0 Å². The van der Waals surface area contributed by atoms with Gasteiger partial charge >= 0.3 is 0 Å². The molecular formula is C16H22IN5. The highest BCUT2D eigenvalue weighted by molar-refractivity contribution is 14.0. The molecule has 0 aliphatic heterocycles. The standard InChI is InChI=1S/C16H21N5.HI/c1-4-13-6-5-7-14(9-13)21-16(17)18-10-15-8-11(2)19-12(3)20-15;/h5-9H,4,10H2,1-3H3,(H3,17,18,21);1H. The van der Waals surface area contributed by atoms with Crippen molar-refractivity contribution in [1.29, 1.82) is 0 Å². The molecule has 0 spiro atoms. The summed E-state index contributed by atoms with van der Waals surface area (Å²) < 4.78 is 0. The molecule has 0 saturated carbocycles. The molecule has 1 aromatic heterocycles. The van der Waals surface area contributed by atoms with Crippen molar-refractivity contribution < 1.29 is 0 Å². The van der Waals surface area contributed by atoms with Crippen LogP contribution < -0.4 is 11.1 Å². The van der Waals surface area contributed by atoms with Crippen molar-refractivity contribution in [2.75, 3.05) is 5.32 Å². The Balaban J connectivity index is 0.00000242. The van der Waals surface area contributed by atoms with Gasteiger partial charge in [0.05, 0.1) is 12.2 Å². The topological polar surface area (TPSA) is 76.2 Å². The molecule has 0 fully saturated rings. The number of aryl methyl sites for hydroxylation is 3. The third-order valence-electron chi connectivity index (χ3n) is 3.04. The highest BCUT2D eigenvalue weighted by atomic mass is 127. The lowest BCUT2D eigenvalue weighted by Gasteiger charge is -2.07. The maximum absolute atomic E-state index is 5.92. The SMILES string of the molecule is CCc1cccc(NC(N)=NCc2cc(C)nc(C)n2)c1.I. The van der Waals surface area contributed by atoms with Crippen molar-refractivity contribution in [3.8, 4) is 0 Å². The third kappa shape index (κ3) is 5.59. The largest absolute Gasteiger partial charge is 0.370 e. The zero-order valence-corrected chi connectivity index (χ0v) is 15.5. The van der Waals surface area contributed by atoms with Gasteiger partial charge in [-0.3, -0.25) is 0 Å². The average Bonchev–Trinajstić information content (AvgIpc) is 2.44. The van der Waals surface area contributed by atoms with Crippen molar-refractivity contribution in [3.63, 3.8) is 0 Å². The van der Waals surface area contributed by atoms with Gasteiger partial charge in [-0.2, -0.15) is 0 Å². The van der Waals surface area contributed by atoms with Gasteiger partial charge in [0, 0.05) is 11.4 Å². The lowest BCUT2D eigenvalue weighted by Crippen LogP contribution is -2.22. The first-order valence-electron chi connectivity index (χ1n) is 7.04. The molecular weight excluding hydrogens is 389 g/mol. The van der Waals surface area contributed by atoms with Gasteiger partial charge in [-0.25, -0.2) is 15.0 Å². The predicted molar refractivity (Wildman–Crippen MR) is 102 cm³/mol. The predicted octanol–water partition coefficient (Wildman–Crippen LogP) is 3.20. The Morgan fingerprint density at radius 1 is 1.23 bits per heavy atom. The highest BCUT2D eigenvalue weighted by Crippen LogP contribution is 2.10. The number of nitrogens with one attached hydrogen (secondary N) is 1. The second-order valence-corrected chi connectivity index (χ2v) is 4.93. The number of benzene rings is 1. The molecule has 0 aliphatic carbocycles. The van der Waals surface area contributed by atoms with Crippen LogP contribution >= 0.6 is 24.0 Å². The molecule has 0 saturated heterocycles. The van der Waals surface area contributed by atoms with E-state index < -0.39 is 0 Å². The molecule has 2 aromatic rings. The molecule has 1 aromatic carbocycles. The fourth-order valence-corrected chi connectivity index (χ4v) is 2.10. The van der Waals surface area contributed by atoms with E-state index in [0.717, 1.165) is 29.3 Å². The summed E-state index contributed by atoms with van der Waals surface area (Å²) in [5, 5.41) is 3.10. The van der Waals surface area contributed by atoms with Gasteiger partial charge in [-0.1, -0.05) is 19.1 Å². The van der Waals surface area contributed by atoms with Crippen LogP contribution in [0.2, 0.25) is 0 Å². The van der Waals surface area contributed by atoms with E-state index in [4.69, 9.17) is 5.73 Å². The summed E-state index contributed by atoms with van der Waals surface area (Å²) in [6, 6.07) is 10.1. The molecule has 0 amide bonds. The Kier molecular flexibility index (Phi) is 7.23. The van der Waals surface area contributed by atoms with Crippen LogP contribution in [0.5, 0.6) is 0 Å². The molecule has 2 rings (SSSR count). The zero-order valence-electron chi connectivity index (χ0n) is 13.1. The van der Waals surface area contributed by atoms with E-state index in [2.05, 4.69) is 39.3 Å². The van der Waals surface area contributed by atoms with Crippen LogP contribution in [0.3, 0.4) is 0 Å². The second-order valence-electron chi connectivity index (χ2n) is 4.93. The molecule has 22 heavy (non-hydrogen) atoms. The summed E-state index contributed by atoms with van der Waals surface area (Å²) in [7, 11) is 0. The van der Waals surface area contributed by atoms with Crippen LogP contribution in [0, 0.1) is 13.8 Å².